The predicted octanol–water partition coefficient (Wildman–Crippen LogP) is 4.32. The van der Waals surface area contributed by atoms with Crippen LogP contribution in [0.15, 0.2) is 35.7 Å². The maximum atomic E-state index is 3.62. The van der Waals surface area contributed by atoms with E-state index in [2.05, 4.69) is 61.8 Å². The van der Waals surface area contributed by atoms with Gasteiger partial charge in [-0.05, 0) is 48.0 Å². The first-order valence-corrected chi connectivity index (χ1v) is 7.51. The van der Waals surface area contributed by atoms with E-state index in [1.807, 2.05) is 11.3 Å². The van der Waals surface area contributed by atoms with Crippen LogP contribution in [0.3, 0.4) is 0 Å². The van der Waals surface area contributed by atoms with Crippen molar-refractivity contribution in [3.8, 4) is 0 Å². The zero-order chi connectivity index (χ0) is 13.0. The van der Waals surface area contributed by atoms with Crippen molar-refractivity contribution in [1.82, 2.24) is 5.32 Å². The molecular formula is C16H21NS. The number of rotatable bonds is 5. The number of hydrogen-bond donors (Lipinski definition) is 1. The van der Waals surface area contributed by atoms with Gasteiger partial charge in [0.2, 0.25) is 0 Å². The molecule has 1 heterocycles. The molecule has 1 nitrogen and oxygen atoms in total. The number of hydrogen-bond acceptors (Lipinski definition) is 2. The minimum atomic E-state index is 0.331. The summed E-state index contributed by atoms with van der Waals surface area (Å²) < 4.78 is 0. The topological polar surface area (TPSA) is 12.0 Å². The third-order valence-electron chi connectivity index (χ3n) is 3.37. The molecule has 0 fully saturated rings. The van der Waals surface area contributed by atoms with Crippen molar-refractivity contribution in [3.05, 3.63) is 57.3 Å². The number of nitrogens with one attached hydrogen (secondary N) is 1. The van der Waals surface area contributed by atoms with Crippen molar-refractivity contribution in [2.75, 3.05) is 6.54 Å². The summed E-state index contributed by atoms with van der Waals surface area (Å²) in [5.41, 5.74) is 4.28. The summed E-state index contributed by atoms with van der Waals surface area (Å²) in [4.78, 5) is 1.41. The van der Waals surface area contributed by atoms with Crippen LogP contribution in [0.4, 0.5) is 0 Å². The molecule has 2 heteroatoms. The van der Waals surface area contributed by atoms with Crippen LogP contribution in [0.5, 0.6) is 0 Å². The second kappa shape index (κ2) is 6.17. The molecular weight excluding hydrogens is 238 g/mol. The molecule has 2 aromatic rings. The van der Waals surface area contributed by atoms with Crippen LogP contribution in [0.1, 0.15) is 41.5 Å². The van der Waals surface area contributed by atoms with E-state index in [1.165, 1.54) is 21.6 Å². The van der Waals surface area contributed by atoms with Crippen LogP contribution in [0.25, 0.3) is 0 Å². The lowest BCUT2D eigenvalue weighted by atomic mass is 9.93. The molecule has 0 amide bonds. The van der Waals surface area contributed by atoms with Crippen molar-refractivity contribution in [3.63, 3.8) is 0 Å². The first-order chi connectivity index (χ1) is 8.77. The first kappa shape index (κ1) is 13.3. The van der Waals surface area contributed by atoms with E-state index in [9.17, 15) is 0 Å². The highest BCUT2D eigenvalue weighted by atomic mass is 32.1. The van der Waals surface area contributed by atoms with Crippen LogP contribution in [0, 0.1) is 6.92 Å². The minimum Gasteiger partial charge on any atom is -0.306 e. The Labute approximate surface area is 114 Å². The van der Waals surface area contributed by atoms with E-state index in [-0.39, 0.29) is 0 Å². The maximum Gasteiger partial charge on any atom is 0.0590 e. The Morgan fingerprint density at radius 3 is 2.50 bits per heavy atom. The van der Waals surface area contributed by atoms with Gasteiger partial charge in [-0.3, -0.25) is 0 Å². The summed E-state index contributed by atoms with van der Waals surface area (Å²) in [7, 11) is 0. The zero-order valence-corrected chi connectivity index (χ0v) is 12.2. The number of aryl methyl sites for hydroxylation is 2. The van der Waals surface area contributed by atoms with Crippen molar-refractivity contribution >= 4 is 11.3 Å². The quantitative estimate of drug-likeness (QED) is 0.843. The molecule has 0 aliphatic heterocycles. The van der Waals surface area contributed by atoms with Gasteiger partial charge in [0.05, 0.1) is 6.04 Å². The second-order valence-corrected chi connectivity index (χ2v) is 5.60. The van der Waals surface area contributed by atoms with E-state index < -0.39 is 0 Å². The van der Waals surface area contributed by atoms with Gasteiger partial charge in [0.1, 0.15) is 0 Å². The molecule has 1 unspecified atom stereocenters. The molecule has 1 atom stereocenters. The summed E-state index contributed by atoms with van der Waals surface area (Å²) in [5.74, 6) is 0. The van der Waals surface area contributed by atoms with E-state index in [1.54, 1.807) is 0 Å². The van der Waals surface area contributed by atoms with Gasteiger partial charge in [0, 0.05) is 4.88 Å². The molecule has 2 rings (SSSR count). The average molecular weight is 259 g/mol. The summed E-state index contributed by atoms with van der Waals surface area (Å²) in [6, 6.07) is 11.3. The lowest BCUT2D eigenvalue weighted by molar-refractivity contribution is 0.625. The molecule has 0 spiro atoms. The highest BCUT2D eigenvalue weighted by molar-refractivity contribution is 7.10. The van der Waals surface area contributed by atoms with E-state index in [4.69, 9.17) is 0 Å². The van der Waals surface area contributed by atoms with Crippen molar-refractivity contribution in [1.29, 1.82) is 0 Å². The normalized spacial score (nSPS) is 12.6. The summed E-state index contributed by atoms with van der Waals surface area (Å²) in [6.07, 6.45) is 1.08. The highest BCUT2D eigenvalue weighted by Gasteiger charge is 2.17. The Hall–Kier alpha value is -1.12. The number of thiophene rings is 1. The Balaban J connectivity index is 2.45. The first-order valence-electron chi connectivity index (χ1n) is 6.63. The fraction of sp³-hybridized carbons (Fsp3) is 0.375. The molecule has 0 saturated heterocycles. The molecule has 1 aromatic heterocycles. The van der Waals surface area contributed by atoms with Gasteiger partial charge in [0.15, 0.2) is 0 Å². The van der Waals surface area contributed by atoms with Crippen molar-refractivity contribution < 1.29 is 0 Å². The Bertz CT molecular complexity index is 501. The minimum absolute atomic E-state index is 0.331. The maximum absolute atomic E-state index is 3.62. The molecule has 1 aromatic carbocycles. The smallest absolute Gasteiger partial charge is 0.0590 e. The van der Waals surface area contributed by atoms with Crippen LogP contribution in [-0.4, -0.2) is 6.54 Å². The van der Waals surface area contributed by atoms with Crippen LogP contribution in [-0.2, 0) is 6.42 Å². The van der Waals surface area contributed by atoms with Crippen LogP contribution < -0.4 is 5.32 Å². The van der Waals surface area contributed by atoms with Gasteiger partial charge in [-0.15, -0.1) is 11.3 Å². The van der Waals surface area contributed by atoms with Crippen molar-refractivity contribution in [2.45, 2.75) is 33.2 Å². The molecule has 18 heavy (non-hydrogen) atoms. The molecule has 1 N–H and O–H groups in total. The lowest BCUT2D eigenvalue weighted by Crippen LogP contribution is -2.23. The van der Waals surface area contributed by atoms with E-state index in [0.29, 0.717) is 6.04 Å². The van der Waals surface area contributed by atoms with Gasteiger partial charge in [-0.25, -0.2) is 0 Å². The fourth-order valence-corrected chi connectivity index (χ4v) is 3.16. The van der Waals surface area contributed by atoms with Gasteiger partial charge >= 0.3 is 0 Å². The highest BCUT2D eigenvalue weighted by Crippen LogP contribution is 2.30. The molecule has 0 radical (unpaired) electrons. The molecule has 96 valence electrons. The molecule has 0 bridgehead atoms. The standard InChI is InChI=1S/C16H21NS/c1-4-13-8-6-7-9-15(13)16(17-5-2)14-10-11-18-12(14)3/h6-11,16-17H,4-5H2,1-3H3. The van der Waals surface area contributed by atoms with Crippen LogP contribution >= 0.6 is 11.3 Å². The van der Waals surface area contributed by atoms with Gasteiger partial charge in [-0.2, -0.15) is 0 Å². The second-order valence-electron chi connectivity index (χ2n) is 4.48. The average Bonchev–Trinajstić information content (AvgIpc) is 2.82. The Morgan fingerprint density at radius 1 is 1.11 bits per heavy atom. The molecule has 0 aliphatic carbocycles. The summed E-state index contributed by atoms with van der Waals surface area (Å²) in [5, 5.41) is 5.81. The Morgan fingerprint density at radius 2 is 1.89 bits per heavy atom. The third kappa shape index (κ3) is 2.65. The summed E-state index contributed by atoms with van der Waals surface area (Å²) >= 11 is 1.83. The van der Waals surface area contributed by atoms with E-state index in [0.717, 1.165) is 13.0 Å². The largest absolute Gasteiger partial charge is 0.306 e. The Kier molecular flexibility index (Phi) is 4.56. The van der Waals surface area contributed by atoms with Gasteiger partial charge < -0.3 is 5.32 Å². The number of benzene rings is 1. The van der Waals surface area contributed by atoms with Crippen LogP contribution in [0.2, 0.25) is 0 Å². The van der Waals surface area contributed by atoms with Gasteiger partial charge in [-0.1, -0.05) is 38.1 Å². The fourth-order valence-electron chi connectivity index (χ4n) is 2.42. The SMILES string of the molecule is CCNC(c1ccccc1CC)c1ccsc1C. The molecule has 0 aliphatic rings. The molecule has 0 saturated carbocycles. The van der Waals surface area contributed by atoms with E-state index >= 15 is 0 Å². The summed E-state index contributed by atoms with van der Waals surface area (Å²) in [6.45, 7) is 7.59. The monoisotopic (exact) mass is 259 g/mol. The predicted molar refractivity (Wildman–Crippen MR) is 80.4 cm³/mol. The lowest BCUT2D eigenvalue weighted by Gasteiger charge is -2.21. The van der Waals surface area contributed by atoms with Crippen molar-refractivity contribution in [2.24, 2.45) is 0 Å². The zero-order valence-electron chi connectivity index (χ0n) is 11.4. The third-order valence-corrected chi connectivity index (χ3v) is 4.23. The van der Waals surface area contributed by atoms with Gasteiger partial charge in [0.25, 0.3) is 0 Å².